The maximum Gasteiger partial charge on any atom is 0.410 e. The Morgan fingerprint density at radius 1 is 1.18 bits per heavy atom. The lowest BCUT2D eigenvalue weighted by Gasteiger charge is -2.43. The Morgan fingerprint density at radius 3 is 2.52 bits per heavy atom. The predicted molar refractivity (Wildman–Crippen MR) is 128 cm³/mol. The first-order valence-electron chi connectivity index (χ1n) is 11.2. The van der Waals surface area contributed by atoms with Crippen molar-refractivity contribution < 1.29 is 14.3 Å². The molecule has 0 N–H and O–H groups in total. The van der Waals surface area contributed by atoms with Gasteiger partial charge in [-0.25, -0.2) is 19.6 Å². The van der Waals surface area contributed by atoms with E-state index in [1.165, 1.54) is 11.8 Å². The second kappa shape index (κ2) is 9.59. The number of likely N-dealkylation sites (tertiary alicyclic amines) is 1. The van der Waals surface area contributed by atoms with Crippen LogP contribution in [0.25, 0.3) is 0 Å². The maximum atomic E-state index is 13.7. The molecule has 3 amide bonds. The van der Waals surface area contributed by atoms with Crippen LogP contribution in [0.15, 0.2) is 41.7 Å². The second-order valence-corrected chi connectivity index (χ2v) is 10.2. The molecular weight excluding hydrogens is 438 g/mol. The molecule has 0 atom stereocenters. The number of hydrogen-bond acceptors (Lipinski definition) is 6. The van der Waals surface area contributed by atoms with Crippen LogP contribution in [-0.2, 0) is 17.8 Å². The van der Waals surface area contributed by atoms with Gasteiger partial charge in [0.05, 0.1) is 6.54 Å². The number of urea groups is 1. The van der Waals surface area contributed by atoms with Crippen LogP contribution in [0.1, 0.15) is 44.7 Å². The standard InChI is InChI=1S/C24H31N5O3S/c1-24(2,3)32-23(31)27-12-10-19(11-13-27)29-20-18(14-25-21(26-20)33-4)16-28(22(29)30)15-17-8-6-5-7-9-17/h5-9,14,19H,10-13,15-16H2,1-4H3. The Bertz CT molecular complexity index is 1000. The van der Waals surface area contributed by atoms with Gasteiger partial charge in [-0.3, -0.25) is 4.90 Å². The van der Waals surface area contributed by atoms with Crippen molar-refractivity contribution in [3.8, 4) is 0 Å². The number of nitrogens with zero attached hydrogens (tertiary/aromatic N) is 5. The summed E-state index contributed by atoms with van der Waals surface area (Å²) in [5, 5.41) is 0.647. The third-order valence-electron chi connectivity index (χ3n) is 5.77. The summed E-state index contributed by atoms with van der Waals surface area (Å²) in [6, 6.07) is 9.90. The molecule has 2 aromatic rings. The predicted octanol–water partition coefficient (Wildman–Crippen LogP) is 4.54. The number of ether oxygens (including phenoxy) is 1. The minimum atomic E-state index is -0.529. The summed E-state index contributed by atoms with van der Waals surface area (Å²) >= 11 is 1.46. The van der Waals surface area contributed by atoms with E-state index in [0.717, 1.165) is 11.1 Å². The third-order valence-corrected chi connectivity index (χ3v) is 6.33. The normalized spacial score (nSPS) is 17.2. The number of carbonyl (C=O) groups is 2. The van der Waals surface area contributed by atoms with Gasteiger partial charge >= 0.3 is 12.1 Å². The lowest BCUT2D eigenvalue weighted by atomic mass is 10.0. The van der Waals surface area contributed by atoms with Gasteiger partial charge in [0.15, 0.2) is 5.16 Å². The van der Waals surface area contributed by atoms with E-state index in [1.807, 2.05) is 73.4 Å². The molecule has 0 bridgehead atoms. The van der Waals surface area contributed by atoms with Crippen molar-refractivity contribution in [1.29, 1.82) is 0 Å². The van der Waals surface area contributed by atoms with Crippen molar-refractivity contribution in [2.75, 3.05) is 24.2 Å². The number of fused-ring (bicyclic) bond motifs is 1. The molecule has 1 aromatic carbocycles. The molecule has 0 unspecified atom stereocenters. The van der Waals surface area contributed by atoms with Crippen LogP contribution in [0.3, 0.4) is 0 Å². The van der Waals surface area contributed by atoms with Crippen LogP contribution >= 0.6 is 11.8 Å². The molecule has 2 aliphatic rings. The number of piperidine rings is 1. The highest BCUT2D eigenvalue weighted by molar-refractivity contribution is 7.98. The summed E-state index contributed by atoms with van der Waals surface area (Å²) in [6.07, 6.45) is 4.80. The molecule has 1 saturated heterocycles. The van der Waals surface area contributed by atoms with Crippen molar-refractivity contribution in [2.45, 2.75) is 63.5 Å². The molecule has 0 saturated carbocycles. The first-order chi connectivity index (χ1) is 15.7. The minimum absolute atomic E-state index is 0.0434. The molecular formula is C24H31N5O3S. The molecule has 33 heavy (non-hydrogen) atoms. The van der Waals surface area contributed by atoms with E-state index in [0.29, 0.717) is 50.0 Å². The van der Waals surface area contributed by atoms with E-state index in [-0.39, 0.29) is 18.2 Å². The van der Waals surface area contributed by atoms with Crippen molar-refractivity contribution in [2.24, 2.45) is 0 Å². The van der Waals surface area contributed by atoms with Gasteiger partial charge in [-0.15, -0.1) is 0 Å². The van der Waals surface area contributed by atoms with Crippen molar-refractivity contribution >= 4 is 29.7 Å². The van der Waals surface area contributed by atoms with Crippen molar-refractivity contribution in [3.05, 3.63) is 47.7 Å². The van der Waals surface area contributed by atoms with Crippen LogP contribution in [0.2, 0.25) is 0 Å². The zero-order valence-corrected chi connectivity index (χ0v) is 20.5. The average Bonchev–Trinajstić information content (AvgIpc) is 2.79. The molecule has 8 nitrogen and oxygen atoms in total. The summed E-state index contributed by atoms with van der Waals surface area (Å²) < 4.78 is 5.52. The van der Waals surface area contributed by atoms with Crippen molar-refractivity contribution in [3.63, 3.8) is 0 Å². The first kappa shape index (κ1) is 23.4. The molecule has 2 aliphatic heterocycles. The fourth-order valence-corrected chi connectivity index (χ4v) is 4.54. The lowest BCUT2D eigenvalue weighted by molar-refractivity contribution is 0.0205. The molecule has 0 spiro atoms. The molecule has 176 valence electrons. The average molecular weight is 470 g/mol. The summed E-state index contributed by atoms with van der Waals surface area (Å²) in [5.41, 5.74) is 1.49. The quantitative estimate of drug-likeness (QED) is 0.483. The van der Waals surface area contributed by atoms with Crippen LogP contribution in [0.5, 0.6) is 0 Å². The largest absolute Gasteiger partial charge is 0.444 e. The topological polar surface area (TPSA) is 78.9 Å². The smallest absolute Gasteiger partial charge is 0.410 e. The molecule has 1 fully saturated rings. The maximum absolute atomic E-state index is 13.7. The van der Waals surface area contributed by atoms with E-state index in [1.54, 1.807) is 4.90 Å². The van der Waals surface area contributed by atoms with Crippen LogP contribution < -0.4 is 4.90 Å². The van der Waals surface area contributed by atoms with Gasteiger partial charge in [-0.1, -0.05) is 42.1 Å². The Balaban J connectivity index is 1.55. The molecule has 4 rings (SSSR count). The number of thioether (sulfide) groups is 1. The molecule has 1 aromatic heterocycles. The van der Waals surface area contributed by atoms with E-state index >= 15 is 0 Å². The van der Waals surface area contributed by atoms with Gasteiger partial charge in [0.1, 0.15) is 11.4 Å². The van der Waals surface area contributed by atoms with Crippen LogP contribution in [0, 0.1) is 0 Å². The minimum Gasteiger partial charge on any atom is -0.444 e. The Morgan fingerprint density at radius 2 is 1.88 bits per heavy atom. The summed E-state index contributed by atoms with van der Waals surface area (Å²) in [5.74, 6) is 0.694. The summed E-state index contributed by atoms with van der Waals surface area (Å²) in [7, 11) is 0. The monoisotopic (exact) mass is 469 g/mol. The zero-order valence-electron chi connectivity index (χ0n) is 19.7. The number of benzene rings is 1. The molecule has 3 heterocycles. The summed E-state index contributed by atoms with van der Waals surface area (Å²) in [4.78, 5) is 40.7. The van der Waals surface area contributed by atoms with Crippen LogP contribution in [-0.4, -0.2) is 62.9 Å². The van der Waals surface area contributed by atoms with E-state index in [4.69, 9.17) is 9.72 Å². The fraction of sp³-hybridized carbons (Fsp3) is 0.500. The number of aromatic nitrogens is 2. The highest BCUT2D eigenvalue weighted by atomic mass is 32.2. The van der Waals surface area contributed by atoms with Gasteiger partial charge in [0, 0.05) is 37.4 Å². The Labute approximate surface area is 199 Å². The number of carbonyl (C=O) groups excluding carboxylic acids is 2. The highest BCUT2D eigenvalue weighted by Crippen LogP contribution is 2.33. The number of hydrogen-bond donors (Lipinski definition) is 0. The van der Waals surface area contributed by atoms with Gasteiger partial charge in [0.2, 0.25) is 0 Å². The van der Waals surface area contributed by atoms with E-state index in [2.05, 4.69) is 4.98 Å². The summed E-state index contributed by atoms with van der Waals surface area (Å²) in [6.45, 7) is 7.68. The van der Waals surface area contributed by atoms with Crippen molar-refractivity contribution in [1.82, 2.24) is 19.8 Å². The second-order valence-electron chi connectivity index (χ2n) is 9.40. The Kier molecular flexibility index (Phi) is 6.78. The lowest BCUT2D eigenvalue weighted by Crippen LogP contribution is -2.55. The Hall–Kier alpha value is -2.81. The van der Waals surface area contributed by atoms with E-state index < -0.39 is 5.60 Å². The molecule has 0 aliphatic carbocycles. The number of rotatable bonds is 4. The highest BCUT2D eigenvalue weighted by Gasteiger charge is 2.39. The van der Waals surface area contributed by atoms with Crippen LogP contribution in [0.4, 0.5) is 15.4 Å². The number of amides is 3. The van der Waals surface area contributed by atoms with Gasteiger partial charge in [-0.2, -0.15) is 0 Å². The third kappa shape index (κ3) is 5.40. The van der Waals surface area contributed by atoms with Gasteiger partial charge < -0.3 is 14.5 Å². The van der Waals surface area contributed by atoms with Gasteiger partial charge in [0.25, 0.3) is 0 Å². The molecule has 0 radical (unpaired) electrons. The van der Waals surface area contributed by atoms with E-state index in [9.17, 15) is 9.59 Å². The zero-order chi connectivity index (χ0) is 23.6. The SMILES string of the molecule is CSc1ncc2c(n1)N(C1CCN(C(=O)OC(C)(C)C)CC1)C(=O)N(Cc1ccccc1)C2. The molecule has 9 heteroatoms. The van der Waals surface area contributed by atoms with Gasteiger partial charge in [-0.05, 0) is 45.4 Å². The first-order valence-corrected chi connectivity index (χ1v) is 12.5. The number of anilines is 1. The fourth-order valence-electron chi connectivity index (χ4n) is 4.21.